The maximum absolute atomic E-state index is 12.2. The first kappa shape index (κ1) is 16.2. The van der Waals surface area contributed by atoms with Crippen LogP contribution in [0.2, 0.25) is 0 Å². The average molecular weight is 324 g/mol. The van der Waals surface area contributed by atoms with Gasteiger partial charge in [-0.3, -0.25) is 9.59 Å². The molecule has 0 aliphatic heterocycles. The molecule has 24 heavy (non-hydrogen) atoms. The highest BCUT2D eigenvalue weighted by Gasteiger charge is 2.24. The van der Waals surface area contributed by atoms with Crippen molar-refractivity contribution in [3.63, 3.8) is 0 Å². The molecule has 0 aromatic heterocycles. The summed E-state index contributed by atoms with van der Waals surface area (Å²) in [6.45, 7) is 0.311. The molecule has 5 heteroatoms. The molecule has 2 amide bonds. The van der Waals surface area contributed by atoms with Gasteiger partial charge in [0.25, 0.3) is 5.91 Å². The van der Waals surface area contributed by atoms with Crippen LogP contribution in [0.25, 0.3) is 0 Å². The highest BCUT2D eigenvalue weighted by Crippen LogP contribution is 2.21. The average Bonchev–Trinajstić information content (AvgIpc) is 3.40. The van der Waals surface area contributed by atoms with Gasteiger partial charge in [-0.2, -0.15) is 0 Å². The Morgan fingerprint density at radius 2 is 1.71 bits per heavy atom. The van der Waals surface area contributed by atoms with Crippen molar-refractivity contribution in [2.24, 2.45) is 0 Å². The van der Waals surface area contributed by atoms with E-state index in [0.29, 0.717) is 17.9 Å². The maximum Gasteiger partial charge on any atom is 0.253 e. The maximum atomic E-state index is 12.2. The molecule has 3 rings (SSSR count). The molecule has 1 aliphatic carbocycles. The first-order chi connectivity index (χ1) is 11.7. The third-order valence-corrected chi connectivity index (χ3v) is 3.70. The van der Waals surface area contributed by atoms with E-state index in [1.165, 1.54) is 0 Å². The summed E-state index contributed by atoms with van der Waals surface area (Å²) in [5.41, 5.74) is 1.99. The number of rotatable bonds is 7. The highest BCUT2D eigenvalue weighted by atomic mass is 16.5. The van der Waals surface area contributed by atoms with E-state index in [4.69, 9.17) is 4.74 Å². The fourth-order valence-corrected chi connectivity index (χ4v) is 2.30. The number of carbonyl (C=O) groups is 2. The molecule has 0 radical (unpaired) electrons. The Bertz CT molecular complexity index is 712. The minimum atomic E-state index is -0.280. The first-order valence-electron chi connectivity index (χ1n) is 8.04. The van der Waals surface area contributed by atoms with Crippen molar-refractivity contribution in [1.29, 1.82) is 0 Å². The SMILES string of the molecule is O=C(COCc1ccccc1)Nc1ccccc1C(=O)NC1CC1. The fourth-order valence-electron chi connectivity index (χ4n) is 2.30. The van der Waals surface area contributed by atoms with Crippen molar-refractivity contribution in [2.45, 2.75) is 25.5 Å². The second-order valence-electron chi connectivity index (χ2n) is 5.82. The Morgan fingerprint density at radius 3 is 2.46 bits per heavy atom. The van der Waals surface area contributed by atoms with Crippen LogP contribution < -0.4 is 10.6 Å². The van der Waals surface area contributed by atoms with E-state index < -0.39 is 0 Å². The Labute approximate surface area is 141 Å². The lowest BCUT2D eigenvalue weighted by atomic mass is 10.1. The van der Waals surface area contributed by atoms with Crippen LogP contribution in [0.4, 0.5) is 5.69 Å². The van der Waals surface area contributed by atoms with E-state index in [2.05, 4.69) is 10.6 Å². The summed E-state index contributed by atoms with van der Waals surface area (Å²) in [5, 5.41) is 5.67. The van der Waals surface area contributed by atoms with Gasteiger partial charge in [0, 0.05) is 6.04 Å². The van der Waals surface area contributed by atoms with Crippen LogP contribution in [0, 0.1) is 0 Å². The van der Waals surface area contributed by atoms with Crippen LogP contribution in [-0.4, -0.2) is 24.5 Å². The topological polar surface area (TPSA) is 67.4 Å². The molecule has 0 heterocycles. The molecule has 2 aromatic carbocycles. The molecule has 1 aliphatic rings. The van der Waals surface area contributed by atoms with Crippen LogP contribution in [-0.2, 0) is 16.1 Å². The molecule has 0 saturated heterocycles. The van der Waals surface area contributed by atoms with E-state index in [9.17, 15) is 9.59 Å². The predicted octanol–water partition coefficient (Wildman–Crippen LogP) is 2.73. The minimum absolute atomic E-state index is 0.0620. The van der Waals surface area contributed by atoms with Gasteiger partial charge in [-0.1, -0.05) is 42.5 Å². The first-order valence-corrected chi connectivity index (χ1v) is 8.04. The van der Waals surface area contributed by atoms with E-state index in [-0.39, 0.29) is 24.5 Å². The second kappa shape index (κ2) is 7.75. The summed E-state index contributed by atoms with van der Waals surface area (Å²) in [7, 11) is 0. The van der Waals surface area contributed by atoms with Gasteiger partial charge in [0.05, 0.1) is 17.9 Å². The quantitative estimate of drug-likeness (QED) is 0.823. The van der Waals surface area contributed by atoms with Crippen LogP contribution in [0.1, 0.15) is 28.8 Å². The molecule has 5 nitrogen and oxygen atoms in total. The van der Waals surface area contributed by atoms with Crippen molar-refractivity contribution in [1.82, 2.24) is 5.32 Å². The second-order valence-corrected chi connectivity index (χ2v) is 5.82. The molecule has 124 valence electrons. The number of hydrogen-bond donors (Lipinski definition) is 2. The fraction of sp³-hybridized carbons (Fsp3) is 0.263. The Kier molecular flexibility index (Phi) is 5.23. The molecule has 1 saturated carbocycles. The van der Waals surface area contributed by atoms with E-state index >= 15 is 0 Å². The van der Waals surface area contributed by atoms with Gasteiger partial charge in [-0.15, -0.1) is 0 Å². The molecule has 2 N–H and O–H groups in total. The summed E-state index contributed by atoms with van der Waals surface area (Å²) in [6.07, 6.45) is 2.04. The highest BCUT2D eigenvalue weighted by molar-refractivity contribution is 6.04. The summed E-state index contributed by atoms with van der Waals surface area (Å²) >= 11 is 0. The number of amides is 2. The van der Waals surface area contributed by atoms with Gasteiger partial charge < -0.3 is 15.4 Å². The number of ether oxygens (including phenoxy) is 1. The zero-order valence-corrected chi connectivity index (χ0v) is 13.3. The van der Waals surface area contributed by atoms with E-state index in [1.54, 1.807) is 24.3 Å². The molecule has 0 unspecified atom stereocenters. The molecule has 1 fully saturated rings. The number of carbonyl (C=O) groups excluding carboxylic acids is 2. The molecule has 0 bridgehead atoms. The molecule has 0 atom stereocenters. The van der Waals surface area contributed by atoms with Crippen LogP contribution in [0.15, 0.2) is 54.6 Å². The summed E-state index contributed by atoms with van der Waals surface area (Å²) in [5.74, 6) is -0.434. The van der Waals surface area contributed by atoms with E-state index in [1.807, 2.05) is 30.3 Å². The number of anilines is 1. The van der Waals surface area contributed by atoms with Gasteiger partial charge >= 0.3 is 0 Å². The van der Waals surface area contributed by atoms with Crippen LogP contribution >= 0.6 is 0 Å². The molecular formula is C19H20N2O3. The van der Waals surface area contributed by atoms with Crippen molar-refractivity contribution < 1.29 is 14.3 Å². The monoisotopic (exact) mass is 324 g/mol. The lowest BCUT2D eigenvalue weighted by Crippen LogP contribution is -2.27. The van der Waals surface area contributed by atoms with Crippen molar-refractivity contribution in [3.05, 3.63) is 65.7 Å². The summed E-state index contributed by atoms with van der Waals surface area (Å²) < 4.78 is 5.42. The lowest BCUT2D eigenvalue weighted by molar-refractivity contribution is -0.121. The number of para-hydroxylation sites is 1. The summed E-state index contributed by atoms with van der Waals surface area (Å²) in [4.78, 5) is 24.2. The van der Waals surface area contributed by atoms with Gasteiger partial charge in [-0.25, -0.2) is 0 Å². The van der Waals surface area contributed by atoms with Gasteiger partial charge in [0.15, 0.2) is 0 Å². The normalized spacial score (nSPS) is 13.3. The van der Waals surface area contributed by atoms with Gasteiger partial charge in [0.2, 0.25) is 5.91 Å². The standard InChI is InChI=1S/C19H20N2O3/c22-18(13-24-12-14-6-2-1-3-7-14)21-17-9-5-4-8-16(17)19(23)20-15-10-11-15/h1-9,15H,10-13H2,(H,20,23)(H,21,22). The summed E-state index contributed by atoms with van der Waals surface area (Å²) in [6, 6.07) is 16.9. The lowest BCUT2D eigenvalue weighted by Gasteiger charge is -2.11. The Balaban J connectivity index is 1.53. The third kappa shape index (κ3) is 4.67. The minimum Gasteiger partial charge on any atom is -0.367 e. The number of hydrogen-bond acceptors (Lipinski definition) is 3. The smallest absolute Gasteiger partial charge is 0.253 e. The Hall–Kier alpha value is -2.66. The van der Waals surface area contributed by atoms with Gasteiger partial charge in [-0.05, 0) is 30.5 Å². The molecular weight excluding hydrogens is 304 g/mol. The van der Waals surface area contributed by atoms with Crippen molar-refractivity contribution in [2.75, 3.05) is 11.9 Å². The Morgan fingerprint density at radius 1 is 1.00 bits per heavy atom. The predicted molar refractivity (Wildman–Crippen MR) is 91.7 cm³/mol. The van der Waals surface area contributed by atoms with Crippen LogP contribution in [0.3, 0.4) is 0 Å². The largest absolute Gasteiger partial charge is 0.367 e. The van der Waals surface area contributed by atoms with Crippen molar-refractivity contribution in [3.8, 4) is 0 Å². The van der Waals surface area contributed by atoms with Crippen molar-refractivity contribution >= 4 is 17.5 Å². The van der Waals surface area contributed by atoms with Gasteiger partial charge in [0.1, 0.15) is 6.61 Å². The molecule has 2 aromatic rings. The zero-order valence-electron chi connectivity index (χ0n) is 13.3. The van der Waals surface area contributed by atoms with E-state index in [0.717, 1.165) is 18.4 Å². The number of benzene rings is 2. The number of nitrogens with one attached hydrogen (secondary N) is 2. The zero-order chi connectivity index (χ0) is 16.8. The molecule has 0 spiro atoms. The van der Waals surface area contributed by atoms with Crippen LogP contribution in [0.5, 0.6) is 0 Å². The third-order valence-electron chi connectivity index (χ3n) is 3.70.